The molecule has 1 unspecified atom stereocenters. The first-order chi connectivity index (χ1) is 8.69. The molecular formula is C14H21N3O. The molecule has 0 spiro atoms. The molecular weight excluding hydrogens is 226 g/mol. The van der Waals surface area contributed by atoms with Crippen molar-refractivity contribution in [3.63, 3.8) is 0 Å². The number of anilines is 1. The zero-order chi connectivity index (χ0) is 12.7. The lowest BCUT2D eigenvalue weighted by Crippen LogP contribution is -2.30. The van der Waals surface area contributed by atoms with Crippen LogP contribution >= 0.6 is 0 Å². The van der Waals surface area contributed by atoms with Crippen LogP contribution in [0.2, 0.25) is 0 Å². The van der Waals surface area contributed by atoms with Gasteiger partial charge in [-0.25, -0.2) is 0 Å². The Balaban J connectivity index is 1.80. The number of hydrogen-bond acceptors (Lipinski definition) is 2. The highest BCUT2D eigenvalue weighted by Crippen LogP contribution is 2.37. The van der Waals surface area contributed by atoms with Gasteiger partial charge in [0.1, 0.15) is 5.69 Å². The fraction of sp³-hybridized carbons (Fsp3) is 0.643. The Labute approximate surface area is 108 Å². The molecule has 98 valence electrons. The fourth-order valence-corrected chi connectivity index (χ4v) is 2.84. The Bertz CT molecular complexity index is 462. The van der Waals surface area contributed by atoms with Gasteiger partial charge in [-0.1, -0.05) is 13.3 Å². The van der Waals surface area contributed by atoms with Crippen molar-refractivity contribution in [1.82, 2.24) is 9.47 Å². The molecule has 1 aromatic rings. The van der Waals surface area contributed by atoms with E-state index in [0.29, 0.717) is 17.6 Å². The van der Waals surface area contributed by atoms with E-state index in [1.165, 1.54) is 12.8 Å². The molecule has 1 amide bonds. The molecule has 0 radical (unpaired) electrons. The van der Waals surface area contributed by atoms with Crippen LogP contribution in [-0.2, 0) is 0 Å². The minimum absolute atomic E-state index is 0.162. The van der Waals surface area contributed by atoms with Gasteiger partial charge in [-0.05, 0) is 31.2 Å². The van der Waals surface area contributed by atoms with Gasteiger partial charge in [0.15, 0.2) is 0 Å². The first-order valence-electron chi connectivity index (χ1n) is 6.95. The maximum absolute atomic E-state index is 12.5. The van der Waals surface area contributed by atoms with Crippen LogP contribution in [0.4, 0.5) is 5.69 Å². The molecule has 2 heterocycles. The third kappa shape index (κ3) is 2.00. The number of amides is 1. The van der Waals surface area contributed by atoms with Crippen LogP contribution in [0.15, 0.2) is 12.3 Å². The molecule has 4 heteroatoms. The summed E-state index contributed by atoms with van der Waals surface area (Å²) < 4.78 is 2.08. The van der Waals surface area contributed by atoms with E-state index in [1.54, 1.807) is 0 Å². The summed E-state index contributed by atoms with van der Waals surface area (Å²) in [6.07, 6.45) is 6.56. The van der Waals surface area contributed by atoms with E-state index >= 15 is 0 Å². The highest BCUT2D eigenvalue weighted by Gasteiger charge is 2.31. The average Bonchev–Trinajstić information content (AvgIpc) is 2.97. The fourth-order valence-electron chi connectivity index (χ4n) is 2.84. The molecule has 1 aromatic heterocycles. The van der Waals surface area contributed by atoms with Crippen molar-refractivity contribution in [3.05, 3.63) is 18.0 Å². The lowest BCUT2D eigenvalue weighted by atomic mass is 10.1. The lowest BCUT2D eigenvalue weighted by Gasteiger charge is -2.17. The molecule has 1 aliphatic heterocycles. The quantitative estimate of drug-likeness (QED) is 0.891. The van der Waals surface area contributed by atoms with Crippen molar-refractivity contribution in [2.24, 2.45) is 5.92 Å². The van der Waals surface area contributed by atoms with Gasteiger partial charge in [-0.15, -0.1) is 0 Å². The molecule has 4 nitrogen and oxygen atoms in total. The van der Waals surface area contributed by atoms with E-state index in [-0.39, 0.29) is 5.91 Å². The second-order valence-corrected chi connectivity index (χ2v) is 5.61. The van der Waals surface area contributed by atoms with Gasteiger partial charge in [0.25, 0.3) is 5.91 Å². The number of nitrogens with zero attached hydrogens (tertiary/aromatic N) is 2. The zero-order valence-electron chi connectivity index (χ0n) is 10.9. The molecule has 0 bridgehead atoms. The van der Waals surface area contributed by atoms with Crippen molar-refractivity contribution in [2.45, 2.75) is 38.6 Å². The number of rotatable bonds is 3. The molecule has 1 atom stereocenters. The standard InChI is InChI=1S/C14H21N3O/c1-2-10-5-6-16(8-10)14(18)13-7-11(15)9-17(13)12-3-4-12/h7,9-10,12H,2-6,8,15H2,1H3. The van der Waals surface area contributed by atoms with Crippen molar-refractivity contribution < 1.29 is 4.79 Å². The Morgan fingerprint density at radius 2 is 2.22 bits per heavy atom. The number of carbonyl (C=O) groups excluding carboxylic acids is 1. The minimum Gasteiger partial charge on any atom is -0.397 e. The summed E-state index contributed by atoms with van der Waals surface area (Å²) in [5.41, 5.74) is 7.33. The smallest absolute Gasteiger partial charge is 0.270 e. The Morgan fingerprint density at radius 3 is 2.83 bits per heavy atom. The molecule has 2 aliphatic rings. The van der Waals surface area contributed by atoms with E-state index in [1.807, 2.05) is 17.2 Å². The highest BCUT2D eigenvalue weighted by molar-refractivity contribution is 5.94. The van der Waals surface area contributed by atoms with E-state index in [9.17, 15) is 4.79 Å². The van der Waals surface area contributed by atoms with Crippen LogP contribution < -0.4 is 5.73 Å². The number of nitrogen functional groups attached to an aromatic ring is 1. The van der Waals surface area contributed by atoms with E-state index in [4.69, 9.17) is 5.73 Å². The van der Waals surface area contributed by atoms with E-state index < -0.39 is 0 Å². The second kappa shape index (κ2) is 4.34. The van der Waals surface area contributed by atoms with Gasteiger partial charge in [-0.2, -0.15) is 0 Å². The molecule has 18 heavy (non-hydrogen) atoms. The van der Waals surface area contributed by atoms with Gasteiger partial charge in [0.2, 0.25) is 0 Å². The summed E-state index contributed by atoms with van der Waals surface area (Å²) >= 11 is 0. The van der Waals surface area contributed by atoms with Gasteiger partial charge in [0, 0.05) is 25.3 Å². The lowest BCUT2D eigenvalue weighted by molar-refractivity contribution is 0.0776. The topological polar surface area (TPSA) is 51.3 Å². The van der Waals surface area contributed by atoms with Gasteiger partial charge in [-0.3, -0.25) is 4.79 Å². The summed E-state index contributed by atoms with van der Waals surface area (Å²) in [6, 6.07) is 2.34. The van der Waals surface area contributed by atoms with Crippen LogP contribution in [0, 0.1) is 5.92 Å². The van der Waals surface area contributed by atoms with Crippen molar-refractivity contribution in [1.29, 1.82) is 0 Å². The number of likely N-dealkylation sites (tertiary alicyclic amines) is 1. The number of aromatic nitrogens is 1. The third-order valence-corrected chi connectivity index (χ3v) is 4.18. The highest BCUT2D eigenvalue weighted by atomic mass is 16.2. The van der Waals surface area contributed by atoms with Crippen LogP contribution in [0.25, 0.3) is 0 Å². The summed E-state index contributed by atoms with van der Waals surface area (Å²) in [4.78, 5) is 14.5. The van der Waals surface area contributed by atoms with E-state index in [0.717, 1.165) is 31.6 Å². The molecule has 1 saturated heterocycles. The summed E-state index contributed by atoms with van der Waals surface area (Å²) in [6.45, 7) is 4.00. The molecule has 2 N–H and O–H groups in total. The average molecular weight is 247 g/mol. The van der Waals surface area contributed by atoms with Crippen molar-refractivity contribution in [3.8, 4) is 0 Å². The molecule has 3 rings (SSSR count). The maximum Gasteiger partial charge on any atom is 0.270 e. The molecule has 0 aromatic carbocycles. The summed E-state index contributed by atoms with van der Waals surface area (Å²) in [5.74, 6) is 0.838. The number of nitrogens with two attached hydrogens (primary N) is 1. The predicted molar refractivity (Wildman–Crippen MR) is 71.4 cm³/mol. The largest absolute Gasteiger partial charge is 0.397 e. The Hall–Kier alpha value is -1.45. The molecule has 1 aliphatic carbocycles. The van der Waals surface area contributed by atoms with Gasteiger partial charge < -0.3 is 15.2 Å². The van der Waals surface area contributed by atoms with Crippen LogP contribution in [-0.4, -0.2) is 28.5 Å². The van der Waals surface area contributed by atoms with Crippen LogP contribution in [0.1, 0.15) is 49.1 Å². The number of carbonyl (C=O) groups is 1. The first-order valence-corrected chi connectivity index (χ1v) is 6.95. The minimum atomic E-state index is 0.162. The normalized spacial score (nSPS) is 23.6. The third-order valence-electron chi connectivity index (χ3n) is 4.18. The van der Waals surface area contributed by atoms with Crippen molar-refractivity contribution >= 4 is 11.6 Å². The zero-order valence-corrected chi connectivity index (χ0v) is 10.9. The first kappa shape index (κ1) is 11.6. The Kier molecular flexibility index (Phi) is 2.80. The summed E-state index contributed by atoms with van der Waals surface area (Å²) in [7, 11) is 0. The maximum atomic E-state index is 12.5. The molecule has 2 fully saturated rings. The van der Waals surface area contributed by atoms with Gasteiger partial charge in [0.05, 0.1) is 5.69 Å². The predicted octanol–water partition coefficient (Wildman–Crippen LogP) is 2.28. The van der Waals surface area contributed by atoms with Crippen LogP contribution in [0.5, 0.6) is 0 Å². The number of hydrogen-bond donors (Lipinski definition) is 1. The van der Waals surface area contributed by atoms with E-state index in [2.05, 4.69) is 11.5 Å². The van der Waals surface area contributed by atoms with Gasteiger partial charge >= 0.3 is 0 Å². The Morgan fingerprint density at radius 1 is 1.44 bits per heavy atom. The van der Waals surface area contributed by atoms with Crippen molar-refractivity contribution in [2.75, 3.05) is 18.8 Å². The monoisotopic (exact) mass is 247 g/mol. The SMILES string of the molecule is CCC1CCN(C(=O)c2cc(N)cn2C2CC2)C1. The second-order valence-electron chi connectivity index (χ2n) is 5.61. The molecule has 1 saturated carbocycles. The summed E-state index contributed by atoms with van der Waals surface area (Å²) in [5, 5.41) is 0. The van der Waals surface area contributed by atoms with Crippen LogP contribution in [0.3, 0.4) is 0 Å².